The van der Waals surface area contributed by atoms with Crippen LogP contribution in [-0.2, 0) is 9.53 Å². The van der Waals surface area contributed by atoms with E-state index in [9.17, 15) is 9.59 Å². The van der Waals surface area contributed by atoms with E-state index in [1.54, 1.807) is 11.4 Å². The lowest BCUT2D eigenvalue weighted by molar-refractivity contribution is -0.120. The number of rotatable bonds is 5. The summed E-state index contributed by atoms with van der Waals surface area (Å²) in [5.41, 5.74) is 6.06. The molecule has 1 heterocycles. The molecule has 0 fully saturated rings. The fraction of sp³-hybridized carbons (Fsp3) is 0.500. The first-order valence-corrected chi connectivity index (χ1v) is 6.56. The van der Waals surface area contributed by atoms with Crippen molar-refractivity contribution in [3.8, 4) is 0 Å². The summed E-state index contributed by atoms with van der Waals surface area (Å²) in [6.07, 6.45) is 0. The van der Waals surface area contributed by atoms with Gasteiger partial charge in [0.25, 0.3) is 0 Å². The number of esters is 1. The molecule has 0 saturated heterocycles. The molecule has 0 saturated carbocycles. The van der Waals surface area contributed by atoms with Crippen molar-refractivity contribution in [1.29, 1.82) is 0 Å². The lowest BCUT2D eigenvalue weighted by Gasteiger charge is -2.18. The summed E-state index contributed by atoms with van der Waals surface area (Å²) in [4.78, 5) is 23.9. The van der Waals surface area contributed by atoms with E-state index >= 15 is 0 Å². The smallest absolute Gasteiger partial charge is 0.350 e. The van der Waals surface area contributed by atoms with E-state index in [0.29, 0.717) is 10.6 Å². The van der Waals surface area contributed by atoms with Gasteiger partial charge in [-0.15, -0.1) is 11.3 Å². The molecule has 0 bridgehead atoms. The third kappa shape index (κ3) is 3.30. The van der Waals surface area contributed by atoms with Crippen molar-refractivity contribution in [2.75, 3.05) is 19.0 Å². The number of hydrogen-bond acceptors (Lipinski definition) is 5. The molecule has 0 spiro atoms. The number of carbonyl (C=O) groups excluding carboxylic acids is 2. The van der Waals surface area contributed by atoms with Crippen LogP contribution in [0.5, 0.6) is 0 Å². The van der Waals surface area contributed by atoms with Gasteiger partial charge in [-0.2, -0.15) is 0 Å². The molecule has 3 N–H and O–H groups in total. The van der Waals surface area contributed by atoms with Gasteiger partial charge >= 0.3 is 5.97 Å². The molecule has 1 rings (SSSR count). The maximum absolute atomic E-state index is 12.0. The second kappa shape index (κ2) is 6.51. The van der Waals surface area contributed by atoms with Crippen molar-refractivity contribution < 1.29 is 14.3 Å². The summed E-state index contributed by atoms with van der Waals surface area (Å²) in [5.74, 6) is -0.740. The van der Waals surface area contributed by atoms with Crippen molar-refractivity contribution in [1.82, 2.24) is 0 Å². The second-order valence-corrected chi connectivity index (χ2v) is 5.15. The van der Waals surface area contributed by atoms with Gasteiger partial charge < -0.3 is 15.8 Å². The largest absolute Gasteiger partial charge is 0.465 e. The van der Waals surface area contributed by atoms with Crippen LogP contribution in [0.4, 0.5) is 5.69 Å². The van der Waals surface area contributed by atoms with Gasteiger partial charge in [0.2, 0.25) is 5.91 Å². The SMILES string of the molecule is COC(=O)c1sccc1NC(=O)C(CN)C(C)C. The molecule has 100 valence electrons. The van der Waals surface area contributed by atoms with E-state index in [1.165, 1.54) is 18.4 Å². The monoisotopic (exact) mass is 270 g/mol. The number of hydrogen-bond donors (Lipinski definition) is 2. The van der Waals surface area contributed by atoms with Gasteiger partial charge in [0.05, 0.1) is 18.7 Å². The molecule has 1 atom stereocenters. The maximum atomic E-state index is 12.0. The average molecular weight is 270 g/mol. The minimum absolute atomic E-state index is 0.148. The van der Waals surface area contributed by atoms with Crippen molar-refractivity contribution >= 4 is 28.9 Å². The molecule has 18 heavy (non-hydrogen) atoms. The number of carbonyl (C=O) groups is 2. The third-order valence-corrected chi connectivity index (χ3v) is 3.58. The van der Waals surface area contributed by atoms with Gasteiger partial charge in [0, 0.05) is 6.54 Å². The molecule has 6 heteroatoms. The van der Waals surface area contributed by atoms with Gasteiger partial charge in [-0.3, -0.25) is 4.79 Å². The van der Waals surface area contributed by atoms with Crippen LogP contribution in [-0.4, -0.2) is 25.5 Å². The summed E-state index contributed by atoms with van der Waals surface area (Å²) in [6, 6.07) is 1.68. The highest BCUT2D eigenvalue weighted by molar-refractivity contribution is 7.12. The van der Waals surface area contributed by atoms with Crippen LogP contribution in [0.25, 0.3) is 0 Å². The van der Waals surface area contributed by atoms with Gasteiger partial charge in [-0.1, -0.05) is 13.8 Å². The quantitative estimate of drug-likeness (QED) is 0.798. The first-order valence-electron chi connectivity index (χ1n) is 5.68. The molecule has 0 radical (unpaired) electrons. The average Bonchev–Trinajstić information content (AvgIpc) is 2.76. The zero-order chi connectivity index (χ0) is 13.7. The van der Waals surface area contributed by atoms with E-state index < -0.39 is 5.97 Å². The van der Waals surface area contributed by atoms with Gasteiger partial charge in [-0.05, 0) is 17.4 Å². The summed E-state index contributed by atoms with van der Waals surface area (Å²) < 4.78 is 4.65. The number of nitrogens with two attached hydrogens (primary N) is 1. The molecule has 1 aromatic rings. The molecule has 0 aliphatic heterocycles. The van der Waals surface area contributed by atoms with Crippen LogP contribution in [0.15, 0.2) is 11.4 Å². The Morgan fingerprint density at radius 1 is 1.50 bits per heavy atom. The predicted molar refractivity (Wildman–Crippen MR) is 71.7 cm³/mol. The minimum Gasteiger partial charge on any atom is -0.465 e. The van der Waals surface area contributed by atoms with Crippen molar-refractivity contribution in [2.24, 2.45) is 17.6 Å². The van der Waals surface area contributed by atoms with E-state index in [1.807, 2.05) is 13.8 Å². The summed E-state index contributed by atoms with van der Waals surface area (Å²) in [6.45, 7) is 4.15. The Labute approximate surface area is 110 Å². The van der Waals surface area contributed by atoms with Crippen molar-refractivity contribution in [3.05, 3.63) is 16.3 Å². The summed E-state index contributed by atoms with van der Waals surface area (Å²) in [5, 5.41) is 4.46. The van der Waals surface area contributed by atoms with Crippen LogP contribution in [0.3, 0.4) is 0 Å². The van der Waals surface area contributed by atoms with Gasteiger partial charge in [-0.25, -0.2) is 4.79 Å². The molecular formula is C12H18N2O3S. The Morgan fingerprint density at radius 3 is 2.67 bits per heavy atom. The Morgan fingerprint density at radius 2 is 2.17 bits per heavy atom. The summed E-state index contributed by atoms with van der Waals surface area (Å²) in [7, 11) is 1.31. The number of anilines is 1. The highest BCUT2D eigenvalue weighted by atomic mass is 32.1. The van der Waals surface area contributed by atoms with E-state index in [4.69, 9.17) is 5.73 Å². The predicted octanol–water partition coefficient (Wildman–Crippen LogP) is 1.70. The first kappa shape index (κ1) is 14.7. The minimum atomic E-state index is -0.450. The zero-order valence-electron chi connectivity index (χ0n) is 10.7. The molecule has 1 amide bonds. The summed E-state index contributed by atoms with van der Waals surface area (Å²) >= 11 is 1.23. The van der Waals surface area contributed by atoms with E-state index in [0.717, 1.165) is 0 Å². The fourth-order valence-corrected chi connectivity index (χ4v) is 2.33. The topological polar surface area (TPSA) is 81.4 Å². The normalized spacial score (nSPS) is 12.3. The number of thiophene rings is 1. The molecular weight excluding hydrogens is 252 g/mol. The van der Waals surface area contributed by atoms with E-state index in [2.05, 4.69) is 10.1 Å². The molecule has 0 aliphatic rings. The van der Waals surface area contributed by atoms with Gasteiger partial charge in [0.15, 0.2) is 0 Å². The molecule has 1 aromatic heterocycles. The molecule has 0 aliphatic carbocycles. The Bertz CT molecular complexity index is 429. The molecule has 0 aromatic carbocycles. The van der Waals surface area contributed by atoms with Crippen LogP contribution in [0, 0.1) is 11.8 Å². The Kier molecular flexibility index (Phi) is 5.30. The van der Waals surface area contributed by atoms with Crippen molar-refractivity contribution in [3.63, 3.8) is 0 Å². The van der Waals surface area contributed by atoms with Crippen molar-refractivity contribution in [2.45, 2.75) is 13.8 Å². The number of methoxy groups -OCH3 is 1. The lowest BCUT2D eigenvalue weighted by Crippen LogP contribution is -2.33. The Hall–Kier alpha value is -1.40. The molecule has 5 nitrogen and oxygen atoms in total. The van der Waals surface area contributed by atoms with Crippen LogP contribution < -0.4 is 11.1 Å². The highest BCUT2D eigenvalue weighted by Gasteiger charge is 2.23. The standard InChI is InChI=1S/C12H18N2O3S/c1-7(2)8(6-13)11(15)14-9-4-5-18-10(9)12(16)17-3/h4-5,7-8H,6,13H2,1-3H3,(H,14,15). The number of amides is 1. The second-order valence-electron chi connectivity index (χ2n) is 4.23. The van der Waals surface area contributed by atoms with Gasteiger partial charge in [0.1, 0.15) is 4.88 Å². The molecule has 1 unspecified atom stereocenters. The first-order chi connectivity index (χ1) is 8.51. The van der Waals surface area contributed by atoms with E-state index in [-0.39, 0.29) is 24.3 Å². The Balaban J connectivity index is 2.82. The zero-order valence-corrected chi connectivity index (χ0v) is 11.5. The third-order valence-electron chi connectivity index (χ3n) is 2.69. The lowest BCUT2D eigenvalue weighted by atomic mass is 9.95. The van der Waals surface area contributed by atoms with Crippen LogP contribution >= 0.6 is 11.3 Å². The van der Waals surface area contributed by atoms with Crippen LogP contribution in [0.2, 0.25) is 0 Å². The highest BCUT2D eigenvalue weighted by Crippen LogP contribution is 2.24. The maximum Gasteiger partial charge on any atom is 0.350 e. The number of nitrogens with one attached hydrogen (secondary N) is 1. The number of ether oxygens (including phenoxy) is 1. The van der Waals surface area contributed by atoms with Crippen LogP contribution in [0.1, 0.15) is 23.5 Å². The fourth-order valence-electron chi connectivity index (χ4n) is 1.57.